The molecule has 40 heavy (non-hydrogen) atoms. The zero-order valence-corrected chi connectivity index (χ0v) is 24.9. The third-order valence-electron chi connectivity index (χ3n) is 6.42. The van der Waals surface area contributed by atoms with Crippen molar-refractivity contribution in [2.45, 2.75) is 64.1 Å². The molecule has 0 spiro atoms. The summed E-state index contributed by atoms with van der Waals surface area (Å²) in [6.07, 6.45) is 0.792. The van der Waals surface area contributed by atoms with Gasteiger partial charge in [-0.05, 0) is 81.6 Å². The molecule has 0 aliphatic heterocycles. The zero-order valence-electron chi connectivity index (χ0n) is 24.0. The predicted octanol–water partition coefficient (Wildman–Crippen LogP) is 4.78. The van der Waals surface area contributed by atoms with Crippen LogP contribution in [0.2, 0.25) is 0 Å². The smallest absolute Gasteiger partial charge is 0.264 e. The largest absolute Gasteiger partial charge is 0.497 e. The van der Waals surface area contributed by atoms with Gasteiger partial charge in [0.2, 0.25) is 11.8 Å². The molecule has 0 saturated heterocycles. The van der Waals surface area contributed by atoms with E-state index in [0.29, 0.717) is 11.4 Å². The maximum absolute atomic E-state index is 14.0. The zero-order chi connectivity index (χ0) is 29.5. The van der Waals surface area contributed by atoms with Crippen LogP contribution in [0.15, 0.2) is 83.8 Å². The van der Waals surface area contributed by atoms with E-state index in [0.717, 1.165) is 21.9 Å². The number of anilines is 1. The Kier molecular flexibility index (Phi) is 9.98. The average Bonchev–Trinajstić information content (AvgIpc) is 2.94. The minimum Gasteiger partial charge on any atom is -0.497 e. The van der Waals surface area contributed by atoms with Crippen molar-refractivity contribution in [3.05, 3.63) is 90.0 Å². The number of rotatable bonds is 11. The van der Waals surface area contributed by atoms with Gasteiger partial charge in [0.05, 0.1) is 17.7 Å². The lowest BCUT2D eigenvalue weighted by Gasteiger charge is -2.33. The quantitative estimate of drug-likeness (QED) is 0.361. The number of hydrogen-bond donors (Lipinski definition) is 1. The Hall–Kier alpha value is -3.85. The van der Waals surface area contributed by atoms with E-state index >= 15 is 0 Å². The fourth-order valence-electron chi connectivity index (χ4n) is 4.13. The summed E-state index contributed by atoms with van der Waals surface area (Å²) in [6.45, 7) is 8.87. The van der Waals surface area contributed by atoms with Crippen LogP contribution in [-0.4, -0.2) is 50.4 Å². The summed E-state index contributed by atoms with van der Waals surface area (Å²) in [5.41, 5.74) is 1.67. The van der Waals surface area contributed by atoms with Gasteiger partial charge < -0.3 is 15.0 Å². The molecule has 3 rings (SSSR count). The molecule has 0 fully saturated rings. The number of ether oxygens (including phenoxy) is 1. The molecular weight excluding hydrogens is 526 g/mol. The van der Waals surface area contributed by atoms with Crippen molar-refractivity contribution in [2.75, 3.05) is 18.0 Å². The number of methoxy groups -OCH3 is 1. The van der Waals surface area contributed by atoms with Crippen LogP contribution in [0.5, 0.6) is 5.75 Å². The van der Waals surface area contributed by atoms with Gasteiger partial charge in [-0.2, -0.15) is 0 Å². The Bertz CT molecular complexity index is 1380. The second-order valence-corrected chi connectivity index (χ2v) is 12.5. The molecular formula is C31H39N3O5S. The topological polar surface area (TPSA) is 96.0 Å². The van der Waals surface area contributed by atoms with Crippen molar-refractivity contribution in [1.29, 1.82) is 0 Å². The highest BCUT2D eigenvalue weighted by Gasteiger charge is 2.33. The van der Waals surface area contributed by atoms with E-state index in [4.69, 9.17) is 4.74 Å². The van der Waals surface area contributed by atoms with Crippen molar-refractivity contribution in [3.8, 4) is 5.75 Å². The molecule has 0 aliphatic carbocycles. The number of hydrogen-bond acceptors (Lipinski definition) is 5. The normalized spacial score (nSPS) is 12.3. The summed E-state index contributed by atoms with van der Waals surface area (Å²) < 4.78 is 34.0. The monoisotopic (exact) mass is 565 g/mol. The Morgan fingerprint density at radius 1 is 0.900 bits per heavy atom. The Morgan fingerprint density at radius 2 is 1.48 bits per heavy atom. The molecule has 0 saturated carbocycles. The van der Waals surface area contributed by atoms with Crippen LogP contribution in [0.1, 0.15) is 45.7 Å². The second kappa shape index (κ2) is 13.0. The molecule has 1 atom stereocenters. The van der Waals surface area contributed by atoms with E-state index < -0.39 is 34.1 Å². The second-order valence-electron chi connectivity index (χ2n) is 10.6. The number of sulfonamides is 1. The molecule has 0 bridgehead atoms. The molecule has 0 unspecified atom stereocenters. The Labute approximate surface area is 238 Å². The molecule has 2 amide bonds. The van der Waals surface area contributed by atoms with E-state index in [1.807, 2.05) is 52.0 Å². The molecule has 1 N–H and O–H groups in total. The van der Waals surface area contributed by atoms with Crippen LogP contribution in [0.25, 0.3) is 0 Å². The van der Waals surface area contributed by atoms with Crippen molar-refractivity contribution in [3.63, 3.8) is 0 Å². The number of amides is 2. The van der Waals surface area contributed by atoms with Crippen LogP contribution >= 0.6 is 0 Å². The van der Waals surface area contributed by atoms with Gasteiger partial charge in [0, 0.05) is 12.1 Å². The molecule has 8 nitrogen and oxygen atoms in total. The summed E-state index contributed by atoms with van der Waals surface area (Å²) in [7, 11) is -2.52. The van der Waals surface area contributed by atoms with Gasteiger partial charge in [0.15, 0.2) is 0 Å². The molecule has 0 heterocycles. The number of carbonyl (C=O) groups excluding carboxylic acids is 2. The summed E-state index contributed by atoms with van der Waals surface area (Å²) in [6, 6.07) is 21.4. The number of aryl methyl sites for hydroxylation is 1. The highest BCUT2D eigenvalue weighted by molar-refractivity contribution is 7.92. The van der Waals surface area contributed by atoms with E-state index in [1.54, 1.807) is 56.5 Å². The standard InChI is InChI=1S/C31H39N3O5S/c1-7-24-13-17-26(18-14-24)34(40(37,38)28-11-9-8-10-12-28)22-29(35)33(23(2)30(36)32-31(3,4)5)21-25-15-19-27(39-6)20-16-25/h8-20,23H,7,21-22H2,1-6H3,(H,32,36)/t23-/m1/s1. The van der Waals surface area contributed by atoms with Gasteiger partial charge in [-0.15, -0.1) is 0 Å². The first-order chi connectivity index (χ1) is 18.9. The fraction of sp³-hybridized carbons (Fsp3) is 0.355. The van der Waals surface area contributed by atoms with Crippen molar-refractivity contribution >= 4 is 27.5 Å². The first-order valence-electron chi connectivity index (χ1n) is 13.3. The lowest BCUT2D eigenvalue weighted by molar-refractivity contribution is -0.140. The van der Waals surface area contributed by atoms with Crippen LogP contribution < -0.4 is 14.4 Å². The fourth-order valence-corrected chi connectivity index (χ4v) is 5.57. The first-order valence-corrected chi connectivity index (χ1v) is 14.7. The SMILES string of the molecule is CCc1ccc(N(CC(=O)N(Cc2ccc(OC)cc2)[C@H](C)C(=O)NC(C)(C)C)S(=O)(=O)c2ccccc2)cc1. The summed E-state index contributed by atoms with van der Waals surface area (Å²) in [4.78, 5) is 28.7. The molecule has 3 aromatic rings. The lowest BCUT2D eigenvalue weighted by atomic mass is 10.1. The minimum absolute atomic E-state index is 0.0718. The van der Waals surface area contributed by atoms with E-state index in [9.17, 15) is 18.0 Å². The van der Waals surface area contributed by atoms with Crippen LogP contribution in [-0.2, 0) is 32.6 Å². The minimum atomic E-state index is -4.09. The van der Waals surface area contributed by atoms with Gasteiger partial charge in [0.1, 0.15) is 18.3 Å². The number of carbonyl (C=O) groups is 2. The number of nitrogens with zero attached hydrogens (tertiary/aromatic N) is 2. The summed E-state index contributed by atoms with van der Waals surface area (Å²) >= 11 is 0. The molecule has 0 aromatic heterocycles. The molecule has 9 heteroatoms. The van der Waals surface area contributed by atoms with Crippen LogP contribution in [0.4, 0.5) is 5.69 Å². The highest BCUT2D eigenvalue weighted by atomic mass is 32.2. The first kappa shape index (κ1) is 30.7. The van der Waals surface area contributed by atoms with Crippen molar-refractivity contribution in [1.82, 2.24) is 10.2 Å². The number of benzene rings is 3. The van der Waals surface area contributed by atoms with Crippen LogP contribution in [0, 0.1) is 0 Å². The molecule has 3 aromatic carbocycles. The summed E-state index contributed by atoms with van der Waals surface area (Å²) in [5.74, 6) is -0.179. The van der Waals surface area contributed by atoms with Crippen LogP contribution in [0.3, 0.4) is 0 Å². The Morgan fingerprint density at radius 3 is 2.00 bits per heavy atom. The molecule has 214 valence electrons. The highest BCUT2D eigenvalue weighted by Crippen LogP contribution is 2.25. The number of nitrogens with one attached hydrogen (secondary N) is 1. The Balaban J connectivity index is 2.02. The maximum atomic E-state index is 14.0. The average molecular weight is 566 g/mol. The molecule has 0 aliphatic rings. The van der Waals surface area contributed by atoms with E-state index in [1.165, 1.54) is 17.0 Å². The molecule has 0 radical (unpaired) electrons. The maximum Gasteiger partial charge on any atom is 0.264 e. The van der Waals surface area contributed by atoms with Crippen molar-refractivity contribution < 1.29 is 22.7 Å². The predicted molar refractivity (Wildman–Crippen MR) is 158 cm³/mol. The van der Waals surface area contributed by atoms with E-state index in [-0.39, 0.29) is 17.3 Å². The third kappa shape index (κ3) is 7.85. The van der Waals surface area contributed by atoms with E-state index in [2.05, 4.69) is 5.32 Å². The van der Waals surface area contributed by atoms with Crippen molar-refractivity contribution in [2.24, 2.45) is 0 Å². The third-order valence-corrected chi connectivity index (χ3v) is 8.21. The van der Waals surface area contributed by atoms with Gasteiger partial charge in [-0.1, -0.05) is 49.4 Å². The van der Waals surface area contributed by atoms with Gasteiger partial charge in [0.25, 0.3) is 10.0 Å². The van der Waals surface area contributed by atoms with Gasteiger partial charge in [-0.3, -0.25) is 13.9 Å². The van der Waals surface area contributed by atoms with Gasteiger partial charge >= 0.3 is 0 Å². The van der Waals surface area contributed by atoms with Gasteiger partial charge in [-0.25, -0.2) is 8.42 Å². The summed E-state index contributed by atoms with van der Waals surface area (Å²) in [5, 5.41) is 2.93. The lowest BCUT2D eigenvalue weighted by Crippen LogP contribution is -2.54.